The number of hydrogen-bond donors (Lipinski definition) is 2. The van der Waals surface area contributed by atoms with Crippen LogP contribution in [0.25, 0.3) is 0 Å². The molecule has 2 amide bonds. The molecule has 21 heavy (non-hydrogen) atoms. The van der Waals surface area contributed by atoms with Gasteiger partial charge in [-0.05, 0) is 18.8 Å². The lowest BCUT2D eigenvalue weighted by Crippen LogP contribution is -2.60. The third-order valence-corrected chi connectivity index (χ3v) is 4.75. The van der Waals surface area contributed by atoms with Crippen LogP contribution < -0.4 is 5.32 Å². The number of carbonyl (C=O) groups is 2. The maximum Gasteiger partial charge on any atom is 0.326 e. The number of hydrogen-bond acceptors (Lipinski definition) is 3. The first-order valence-electron chi connectivity index (χ1n) is 7.96. The summed E-state index contributed by atoms with van der Waals surface area (Å²) in [7, 11) is 0. The highest BCUT2D eigenvalue weighted by Crippen LogP contribution is 2.28. The van der Waals surface area contributed by atoms with Gasteiger partial charge in [0.15, 0.2) is 0 Å². The van der Waals surface area contributed by atoms with Gasteiger partial charge in [-0.2, -0.15) is 0 Å². The van der Waals surface area contributed by atoms with Crippen LogP contribution in [0.3, 0.4) is 0 Å². The Kier molecular flexibility index (Phi) is 5.45. The number of nitrogens with zero attached hydrogens (tertiary/aromatic N) is 1. The predicted molar refractivity (Wildman–Crippen MR) is 78.1 cm³/mol. The predicted octanol–water partition coefficient (Wildman–Crippen LogP) is 1.84. The van der Waals surface area contributed by atoms with Gasteiger partial charge in [-0.3, -0.25) is 0 Å². The summed E-state index contributed by atoms with van der Waals surface area (Å²) in [5.41, 5.74) is 0. The van der Waals surface area contributed by atoms with E-state index < -0.39 is 12.0 Å². The average Bonchev–Trinajstić information content (AvgIpc) is 2.50. The summed E-state index contributed by atoms with van der Waals surface area (Å²) < 4.78 is 5.75. The molecule has 0 bridgehead atoms. The van der Waals surface area contributed by atoms with Gasteiger partial charge in [-0.15, -0.1) is 0 Å². The fourth-order valence-electron chi connectivity index (χ4n) is 3.25. The lowest BCUT2D eigenvalue weighted by molar-refractivity contribution is -0.140. The Balaban J connectivity index is 2.02. The van der Waals surface area contributed by atoms with E-state index in [0.717, 1.165) is 25.7 Å². The van der Waals surface area contributed by atoms with Crippen molar-refractivity contribution in [3.8, 4) is 0 Å². The Hall–Kier alpha value is -1.30. The van der Waals surface area contributed by atoms with Gasteiger partial charge in [0.05, 0.1) is 18.8 Å². The van der Waals surface area contributed by atoms with E-state index in [2.05, 4.69) is 5.32 Å². The van der Waals surface area contributed by atoms with Gasteiger partial charge in [0, 0.05) is 6.54 Å². The summed E-state index contributed by atoms with van der Waals surface area (Å²) in [6.45, 7) is 4.86. The molecule has 6 heteroatoms. The maximum atomic E-state index is 12.5. The molecule has 0 radical (unpaired) electrons. The smallest absolute Gasteiger partial charge is 0.326 e. The summed E-state index contributed by atoms with van der Waals surface area (Å²) in [5, 5.41) is 12.0. The molecule has 2 rings (SSSR count). The number of ether oxygens (including phenoxy) is 1. The van der Waals surface area contributed by atoms with Crippen LogP contribution >= 0.6 is 0 Å². The van der Waals surface area contributed by atoms with Gasteiger partial charge in [0.2, 0.25) is 0 Å². The zero-order valence-electron chi connectivity index (χ0n) is 12.9. The molecule has 2 fully saturated rings. The highest BCUT2D eigenvalue weighted by Gasteiger charge is 2.38. The summed E-state index contributed by atoms with van der Waals surface area (Å²) in [6.07, 6.45) is 5.00. The lowest BCUT2D eigenvalue weighted by atomic mass is 9.90. The number of aliphatic carboxylic acids is 1. The highest BCUT2D eigenvalue weighted by molar-refractivity contribution is 5.83. The molecule has 6 nitrogen and oxygen atoms in total. The van der Waals surface area contributed by atoms with Gasteiger partial charge >= 0.3 is 12.0 Å². The topological polar surface area (TPSA) is 78.9 Å². The molecule has 0 spiro atoms. The minimum atomic E-state index is -0.967. The number of fused-ring (bicyclic) bond motifs is 1. The zero-order valence-corrected chi connectivity index (χ0v) is 12.9. The Morgan fingerprint density at radius 2 is 2.10 bits per heavy atom. The summed E-state index contributed by atoms with van der Waals surface area (Å²) in [4.78, 5) is 25.6. The molecule has 0 aromatic carbocycles. The number of rotatable bonds is 4. The van der Waals surface area contributed by atoms with Crippen LogP contribution in [0, 0.1) is 5.92 Å². The quantitative estimate of drug-likeness (QED) is 0.830. The van der Waals surface area contributed by atoms with Crippen LogP contribution in [-0.4, -0.2) is 53.3 Å². The zero-order chi connectivity index (χ0) is 15.4. The van der Waals surface area contributed by atoms with Crippen molar-refractivity contribution in [2.75, 3.05) is 13.2 Å². The SMILES string of the molecule is CCC(C)[C@H](NC(=O)N1CCOC2CCCCC21)C(=O)O. The second-order valence-electron chi connectivity index (χ2n) is 6.11. The van der Waals surface area contributed by atoms with E-state index in [-0.39, 0.29) is 24.1 Å². The number of urea groups is 1. The molecule has 3 unspecified atom stereocenters. The van der Waals surface area contributed by atoms with Crippen LogP contribution in [0.5, 0.6) is 0 Å². The van der Waals surface area contributed by atoms with Crippen LogP contribution in [0.4, 0.5) is 4.79 Å². The van der Waals surface area contributed by atoms with Gasteiger partial charge in [-0.25, -0.2) is 9.59 Å². The highest BCUT2D eigenvalue weighted by atomic mass is 16.5. The van der Waals surface area contributed by atoms with Crippen molar-refractivity contribution >= 4 is 12.0 Å². The Morgan fingerprint density at radius 3 is 2.76 bits per heavy atom. The number of morpholine rings is 1. The average molecular weight is 298 g/mol. The van der Waals surface area contributed by atoms with Crippen molar-refractivity contribution in [2.24, 2.45) is 5.92 Å². The second-order valence-corrected chi connectivity index (χ2v) is 6.11. The Labute approximate surface area is 125 Å². The van der Waals surface area contributed by atoms with Crippen molar-refractivity contribution in [3.05, 3.63) is 0 Å². The van der Waals surface area contributed by atoms with Crippen LogP contribution in [0.2, 0.25) is 0 Å². The summed E-state index contributed by atoms with van der Waals surface area (Å²) in [6, 6.07) is -0.992. The first-order chi connectivity index (χ1) is 10.0. The van der Waals surface area contributed by atoms with Gasteiger partial charge in [-0.1, -0.05) is 33.1 Å². The third kappa shape index (κ3) is 3.67. The van der Waals surface area contributed by atoms with Crippen LogP contribution in [0.15, 0.2) is 0 Å². The van der Waals surface area contributed by atoms with E-state index in [1.807, 2.05) is 13.8 Å². The van der Waals surface area contributed by atoms with Gasteiger partial charge in [0.25, 0.3) is 0 Å². The van der Waals surface area contributed by atoms with E-state index in [0.29, 0.717) is 19.6 Å². The monoisotopic (exact) mass is 298 g/mol. The molecular formula is C15H26N2O4. The van der Waals surface area contributed by atoms with Gasteiger partial charge < -0.3 is 20.1 Å². The van der Waals surface area contributed by atoms with E-state index in [4.69, 9.17) is 4.74 Å². The molecule has 2 aliphatic rings. The number of amides is 2. The number of carbonyl (C=O) groups excluding carboxylic acids is 1. The molecule has 0 aromatic heterocycles. The molecule has 1 saturated carbocycles. The Morgan fingerprint density at radius 1 is 1.38 bits per heavy atom. The largest absolute Gasteiger partial charge is 0.480 e. The molecule has 1 heterocycles. The van der Waals surface area contributed by atoms with Crippen LogP contribution in [0.1, 0.15) is 46.0 Å². The second kappa shape index (κ2) is 7.11. The Bertz CT molecular complexity index is 386. The van der Waals surface area contributed by atoms with Crippen molar-refractivity contribution in [2.45, 2.75) is 64.1 Å². The van der Waals surface area contributed by atoms with E-state index >= 15 is 0 Å². The molecule has 0 aromatic rings. The normalized spacial score (nSPS) is 28.4. The molecule has 1 aliphatic heterocycles. The van der Waals surface area contributed by atoms with Crippen molar-refractivity contribution in [1.29, 1.82) is 0 Å². The minimum absolute atomic E-state index is 0.0883. The van der Waals surface area contributed by atoms with Crippen molar-refractivity contribution < 1.29 is 19.4 Å². The third-order valence-electron chi connectivity index (χ3n) is 4.75. The van der Waals surface area contributed by atoms with Crippen LogP contribution in [-0.2, 0) is 9.53 Å². The van der Waals surface area contributed by atoms with E-state index in [1.54, 1.807) is 4.90 Å². The lowest BCUT2D eigenvalue weighted by Gasteiger charge is -2.44. The molecular weight excluding hydrogens is 272 g/mol. The van der Waals surface area contributed by atoms with E-state index in [9.17, 15) is 14.7 Å². The maximum absolute atomic E-state index is 12.5. The standard InChI is InChI=1S/C15H26N2O4/c1-3-10(2)13(14(18)19)16-15(20)17-8-9-21-12-7-5-4-6-11(12)17/h10-13H,3-9H2,1-2H3,(H,16,20)(H,18,19)/t10?,11?,12?,13-/m0/s1. The number of nitrogens with one attached hydrogen (secondary N) is 1. The fraction of sp³-hybridized carbons (Fsp3) is 0.867. The van der Waals surface area contributed by atoms with E-state index in [1.165, 1.54) is 0 Å². The summed E-state index contributed by atoms with van der Waals surface area (Å²) in [5.74, 6) is -1.05. The van der Waals surface area contributed by atoms with Crippen molar-refractivity contribution in [1.82, 2.24) is 10.2 Å². The number of carboxylic acid groups (broad SMARTS) is 1. The molecule has 1 saturated heterocycles. The van der Waals surface area contributed by atoms with Gasteiger partial charge in [0.1, 0.15) is 6.04 Å². The van der Waals surface area contributed by atoms with Crippen molar-refractivity contribution in [3.63, 3.8) is 0 Å². The minimum Gasteiger partial charge on any atom is -0.480 e. The molecule has 4 atom stereocenters. The fourth-order valence-corrected chi connectivity index (χ4v) is 3.25. The first kappa shape index (κ1) is 16.1. The molecule has 120 valence electrons. The molecule has 2 N–H and O–H groups in total. The first-order valence-corrected chi connectivity index (χ1v) is 7.96. The summed E-state index contributed by atoms with van der Waals surface area (Å²) >= 11 is 0. The molecule has 1 aliphatic carbocycles. The number of carboxylic acids is 1.